The first kappa shape index (κ1) is 18.9. The van der Waals surface area contributed by atoms with Crippen molar-refractivity contribution in [1.29, 1.82) is 0 Å². The molecule has 0 radical (unpaired) electrons. The van der Waals surface area contributed by atoms with Crippen LogP contribution in [0.1, 0.15) is 46.5 Å². The fraction of sp³-hybridized carbons (Fsp3) is 0.867. The van der Waals surface area contributed by atoms with Gasteiger partial charge in [0.05, 0.1) is 13.2 Å². The van der Waals surface area contributed by atoms with Crippen LogP contribution in [0.5, 0.6) is 0 Å². The number of hydrogen-bond donors (Lipinski definition) is 0. The fourth-order valence-corrected chi connectivity index (χ4v) is 1.42. The summed E-state index contributed by atoms with van der Waals surface area (Å²) in [5.41, 5.74) is 0. The molecule has 0 bridgehead atoms. The Hall–Kier alpha value is -1.10. The summed E-state index contributed by atoms with van der Waals surface area (Å²) in [4.78, 5) is 22.8. The van der Waals surface area contributed by atoms with Gasteiger partial charge in [0, 0.05) is 26.6 Å². The summed E-state index contributed by atoms with van der Waals surface area (Å²) in [6.45, 7) is 7.47. The van der Waals surface area contributed by atoms with Crippen molar-refractivity contribution >= 4 is 11.9 Å². The predicted octanol–water partition coefficient (Wildman–Crippen LogP) is 2.57. The number of rotatable bonds is 11. The summed E-state index contributed by atoms with van der Waals surface area (Å²) in [5.74, 6) is 0.110. The molecule has 0 aliphatic heterocycles. The summed E-state index contributed by atoms with van der Waals surface area (Å²) >= 11 is 0. The molecule has 1 unspecified atom stereocenters. The second kappa shape index (κ2) is 11.7. The van der Waals surface area contributed by atoms with Gasteiger partial charge in [0.2, 0.25) is 0 Å². The highest BCUT2D eigenvalue weighted by Gasteiger charge is 2.10. The van der Waals surface area contributed by atoms with Crippen LogP contribution in [0.2, 0.25) is 0 Å². The van der Waals surface area contributed by atoms with Crippen molar-refractivity contribution in [3.63, 3.8) is 0 Å². The molecule has 0 aromatic rings. The summed E-state index contributed by atoms with van der Waals surface area (Å²) in [7, 11) is 1.65. The van der Waals surface area contributed by atoms with Gasteiger partial charge in [0.1, 0.15) is 0 Å². The molecule has 0 rings (SSSR count). The standard InChI is InChI=1S/C15H28O5/c1-12(2)10-19-14(16)6-5-7-15(17)20-11-13(3)8-9-18-4/h12-13H,5-11H2,1-4H3. The van der Waals surface area contributed by atoms with Gasteiger partial charge in [-0.3, -0.25) is 9.59 Å². The third-order valence-electron chi connectivity index (χ3n) is 2.68. The molecule has 0 aliphatic rings. The lowest BCUT2D eigenvalue weighted by molar-refractivity contribution is -0.146. The van der Waals surface area contributed by atoms with Crippen molar-refractivity contribution in [2.24, 2.45) is 11.8 Å². The van der Waals surface area contributed by atoms with Crippen LogP contribution in [-0.2, 0) is 23.8 Å². The van der Waals surface area contributed by atoms with Gasteiger partial charge in [0.25, 0.3) is 0 Å². The van der Waals surface area contributed by atoms with E-state index >= 15 is 0 Å². The Kier molecular flexibility index (Phi) is 11.1. The number of carbonyl (C=O) groups is 2. The first-order chi connectivity index (χ1) is 9.45. The molecule has 0 spiro atoms. The Labute approximate surface area is 122 Å². The lowest BCUT2D eigenvalue weighted by atomic mass is 10.1. The zero-order valence-corrected chi connectivity index (χ0v) is 13.1. The summed E-state index contributed by atoms with van der Waals surface area (Å²) in [5, 5.41) is 0. The minimum atomic E-state index is -0.258. The molecule has 20 heavy (non-hydrogen) atoms. The Balaban J connectivity index is 3.55. The molecule has 0 N–H and O–H groups in total. The Morgan fingerprint density at radius 1 is 0.950 bits per heavy atom. The van der Waals surface area contributed by atoms with Gasteiger partial charge in [-0.05, 0) is 24.7 Å². The maximum absolute atomic E-state index is 11.5. The SMILES string of the molecule is COCCC(C)COC(=O)CCCC(=O)OCC(C)C. The summed E-state index contributed by atoms with van der Waals surface area (Å²) in [6, 6.07) is 0. The van der Waals surface area contributed by atoms with E-state index < -0.39 is 0 Å². The van der Waals surface area contributed by atoms with Gasteiger partial charge >= 0.3 is 11.9 Å². The fourth-order valence-electron chi connectivity index (χ4n) is 1.42. The average molecular weight is 288 g/mol. The van der Waals surface area contributed by atoms with Gasteiger partial charge in [-0.1, -0.05) is 20.8 Å². The number of ether oxygens (including phenoxy) is 3. The highest BCUT2D eigenvalue weighted by molar-refractivity contribution is 5.72. The van der Waals surface area contributed by atoms with Crippen LogP contribution in [0.15, 0.2) is 0 Å². The van der Waals surface area contributed by atoms with E-state index in [-0.39, 0.29) is 30.7 Å². The molecule has 0 aromatic heterocycles. The van der Waals surface area contributed by atoms with Crippen molar-refractivity contribution in [2.45, 2.75) is 46.5 Å². The van der Waals surface area contributed by atoms with Crippen LogP contribution in [0.3, 0.4) is 0 Å². The highest BCUT2D eigenvalue weighted by atomic mass is 16.5. The van der Waals surface area contributed by atoms with E-state index in [9.17, 15) is 9.59 Å². The normalized spacial score (nSPS) is 12.2. The van der Waals surface area contributed by atoms with Gasteiger partial charge in [-0.2, -0.15) is 0 Å². The minimum absolute atomic E-state index is 0.250. The number of methoxy groups -OCH3 is 1. The monoisotopic (exact) mass is 288 g/mol. The molecule has 5 heteroatoms. The molecule has 5 nitrogen and oxygen atoms in total. The third kappa shape index (κ3) is 12.0. The van der Waals surface area contributed by atoms with E-state index in [0.29, 0.717) is 32.2 Å². The second-order valence-electron chi connectivity index (χ2n) is 5.50. The van der Waals surface area contributed by atoms with Crippen molar-refractivity contribution in [3.05, 3.63) is 0 Å². The summed E-state index contributed by atoms with van der Waals surface area (Å²) in [6.07, 6.45) is 1.86. The average Bonchev–Trinajstić information content (AvgIpc) is 2.40. The van der Waals surface area contributed by atoms with Crippen LogP contribution in [0.25, 0.3) is 0 Å². The van der Waals surface area contributed by atoms with Crippen molar-refractivity contribution in [3.8, 4) is 0 Å². The lowest BCUT2D eigenvalue weighted by Gasteiger charge is -2.11. The summed E-state index contributed by atoms with van der Waals surface area (Å²) < 4.78 is 15.1. The van der Waals surface area contributed by atoms with E-state index in [2.05, 4.69) is 0 Å². The first-order valence-corrected chi connectivity index (χ1v) is 7.25. The molecule has 0 aromatic carbocycles. The Morgan fingerprint density at radius 2 is 1.50 bits per heavy atom. The lowest BCUT2D eigenvalue weighted by Crippen LogP contribution is -2.14. The van der Waals surface area contributed by atoms with Crippen LogP contribution in [0.4, 0.5) is 0 Å². The maximum Gasteiger partial charge on any atom is 0.305 e. The predicted molar refractivity (Wildman–Crippen MR) is 76.3 cm³/mol. The quantitative estimate of drug-likeness (QED) is 0.547. The van der Waals surface area contributed by atoms with Gasteiger partial charge < -0.3 is 14.2 Å². The third-order valence-corrected chi connectivity index (χ3v) is 2.68. The van der Waals surface area contributed by atoms with Gasteiger partial charge in [-0.25, -0.2) is 0 Å². The van der Waals surface area contributed by atoms with Gasteiger partial charge in [0.15, 0.2) is 0 Å². The van der Waals surface area contributed by atoms with Crippen LogP contribution in [-0.4, -0.2) is 38.9 Å². The van der Waals surface area contributed by atoms with Crippen molar-refractivity contribution < 1.29 is 23.8 Å². The largest absolute Gasteiger partial charge is 0.465 e. The molecule has 0 heterocycles. The number of carbonyl (C=O) groups excluding carboxylic acids is 2. The van der Waals surface area contributed by atoms with E-state index in [4.69, 9.17) is 14.2 Å². The smallest absolute Gasteiger partial charge is 0.305 e. The van der Waals surface area contributed by atoms with Crippen molar-refractivity contribution in [1.82, 2.24) is 0 Å². The molecule has 0 aliphatic carbocycles. The van der Waals surface area contributed by atoms with E-state index in [1.54, 1.807) is 7.11 Å². The van der Waals surface area contributed by atoms with Crippen molar-refractivity contribution in [2.75, 3.05) is 26.9 Å². The Morgan fingerprint density at radius 3 is 2.00 bits per heavy atom. The van der Waals surface area contributed by atoms with Crippen LogP contribution >= 0.6 is 0 Å². The van der Waals surface area contributed by atoms with E-state index in [1.165, 1.54) is 0 Å². The number of hydrogen-bond acceptors (Lipinski definition) is 5. The molecule has 0 fully saturated rings. The van der Waals surface area contributed by atoms with Gasteiger partial charge in [-0.15, -0.1) is 0 Å². The number of esters is 2. The Bertz CT molecular complexity index is 275. The maximum atomic E-state index is 11.5. The zero-order valence-electron chi connectivity index (χ0n) is 13.1. The molecule has 0 amide bonds. The van der Waals surface area contributed by atoms with E-state index in [1.807, 2.05) is 20.8 Å². The minimum Gasteiger partial charge on any atom is -0.465 e. The van der Waals surface area contributed by atoms with Crippen LogP contribution < -0.4 is 0 Å². The van der Waals surface area contributed by atoms with E-state index in [0.717, 1.165) is 6.42 Å². The molecule has 0 saturated carbocycles. The molecular formula is C15H28O5. The topological polar surface area (TPSA) is 61.8 Å². The highest BCUT2D eigenvalue weighted by Crippen LogP contribution is 2.05. The molecule has 0 saturated heterocycles. The van der Waals surface area contributed by atoms with Crippen LogP contribution in [0, 0.1) is 11.8 Å². The first-order valence-electron chi connectivity index (χ1n) is 7.25. The molecule has 118 valence electrons. The molecule has 1 atom stereocenters. The molecular weight excluding hydrogens is 260 g/mol. The second-order valence-corrected chi connectivity index (χ2v) is 5.50. The zero-order chi connectivity index (χ0) is 15.4.